The summed E-state index contributed by atoms with van der Waals surface area (Å²) in [6, 6.07) is 2.96. The Balaban J connectivity index is 0.00000161. The second kappa shape index (κ2) is 6.69. The smallest absolute Gasteiger partial charge is 0.550 e. The van der Waals surface area contributed by atoms with E-state index in [2.05, 4.69) is 20.9 Å². The molecule has 1 unspecified atom stereocenters. The average Bonchev–Trinajstić information content (AvgIpc) is 2.36. The van der Waals surface area contributed by atoms with E-state index in [-0.39, 0.29) is 57.8 Å². The Hall–Kier alpha value is 0.0964. The summed E-state index contributed by atoms with van der Waals surface area (Å²) in [5.74, 6) is -0.827. The molecule has 2 heterocycles. The topological polar surface area (TPSA) is 95.0 Å². The first-order chi connectivity index (χ1) is 9.47. The van der Waals surface area contributed by atoms with E-state index in [1.165, 1.54) is 16.3 Å². The number of carbonyl (C=O) groups is 1. The van der Waals surface area contributed by atoms with E-state index >= 15 is 0 Å². The summed E-state index contributed by atoms with van der Waals surface area (Å²) in [7, 11) is 0. The van der Waals surface area contributed by atoms with Crippen LogP contribution in [0.3, 0.4) is 0 Å². The van der Waals surface area contributed by atoms with Crippen molar-refractivity contribution >= 4 is 44.7 Å². The molecule has 21 heavy (non-hydrogen) atoms. The summed E-state index contributed by atoms with van der Waals surface area (Å²) >= 11 is 4.80. The number of carboxylic acids is 1. The summed E-state index contributed by atoms with van der Waals surface area (Å²) in [6.45, 7) is 0. The molecule has 0 spiro atoms. The van der Waals surface area contributed by atoms with Crippen molar-refractivity contribution in [2.45, 2.75) is 17.4 Å². The van der Waals surface area contributed by atoms with Crippen molar-refractivity contribution in [3.8, 4) is 0 Å². The van der Waals surface area contributed by atoms with Gasteiger partial charge in [-0.2, -0.15) is 0 Å². The molecule has 0 fully saturated rings. The van der Waals surface area contributed by atoms with E-state index in [1.807, 2.05) is 6.07 Å². The predicted octanol–water partition coefficient (Wildman–Crippen LogP) is -2.76. The average molecular weight is 395 g/mol. The van der Waals surface area contributed by atoms with Crippen molar-refractivity contribution in [1.82, 2.24) is 9.55 Å². The Morgan fingerprint density at radius 1 is 1.48 bits per heavy atom. The number of aromatic amines is 1. The van der Waals surface area contributed by atoms with Gasteiger partial charge in [0.15, 0.2) is 0 Å². The van der Waals surface area contributed by atoms with Gasteiger partial charge in [0.1, 0.15) is 0 Å². The van der Waals surface area contributed by atoms with Crippen LogP contribution in [0.1, 0.15) is 12.5 Å². The number of carboxylic acid groups (broad SMARTS) is 1. The fourth-order valence-electron chi connectivity index (χ4n) is 2.37. The van der Waals surface area contributed by atoms with E-state index in [1.54, 1.807) is 6.07 Å². The largest absolute Gasteiger partial charge is 1.00 e. The van der Waals surface area contributed by atoms with Crippen LogP contribution >= 0.6 is 27.7 Å². The Morgan fingerprint density at radius 2 is 2.19 bits per heavy atom. The Labute approximate surface area is 173 Å². The monoisotopic (exact) mass is 394 g/mol. The number of H-pyrrole nitrogens is 1. The first-order valence-electron chi connectivity index (χ1n) is 5.78. The molecule has 0 saturated carbocycles. The third-order valence-electron chi connectivity index (χ3n) is 3.14. The second-order valence-corrected chi connectivity index (χ2v) is 6.45. The van der Waals surface area contributed by atoms with Crippen molar-refractivity contribution in [3.63, 3.8) is 0 Å². The van der Waals surface area contributed by atoms with Crippen LogP contribution in [-0.2, 0) is 4.79 Å². The normalized spacial score (nSPS) is 16.5. The molecule has 0 radical (unpaired) electrons. The van der Waals surface area contributed by atoms with Gasteiger partial charge in [0.05, 0.1) is 17.1 Å². The molecule has 1 aromatic heterocycles. The molecule has 0 bridgehead atoms. The molecular weight excluding hydrogens is 387 g/mol. The summed E-state index contributed by atoms with van der Waals surface area (Å²) < 4.78 is 2.06. The molecule has 2 aromatic rings. The Kier molecular flexibility index (Phi) is 5.56. The van der Waals surface area contributed by atoms with Crippen molar-refractivity contribution in [2.75, 3.05) is 5.75 Å². The number of carbonyl (C=O) groups excluding carboxylic acids is 1. The zero-order valence-corrected chi connectivity index (χ0v) is 16.5. The van der Waals surface area contributed by atoms with Gasteiger partial charge in [-0.15, -0.1) is 11.8 Å². The maximum atomic E-state index is 12.1. The van der Waals surface area contributed by atoms with Crippen LogP contribution in [0.4, 0.5) is 0 Å². The van der Waals surface area contributed by atoms with Crippen LogP contribution in [-0.4, -0.2) is 21.3 Å². The van der Waals surface area contributed by atoms with Gasteiger partial charge < -0.3 is 14.9 Å². The van der Waals surface area contributed by atoms with E-state index in [4.69, 9.17) is 0 Å². The maximum Gasteiger partial charge on any atom is 1.00 e. The Bertz CT molecular complexity index is 847. The molecule has 3 rings (SSSR count). The van der Waals surface area contributed by atoms with Gasteiger partial charge in [0, 0.05) is 27.5 Å². The van der Waals surface area contributed by atoms with Crippen molar-refractivity contribution in [1.29, 1.82) is 0 Å². The van der Waals surface area contributed by atoms with E-state index in [9.17, 15) is 19.5 Å². The molecule has 9 heteroatoms. The van der Waals surface area contributed by atoms with Crippen LogP contribution in [0.2, 0.25) is 0 Å². The quantitative estimate of drug-likeness (QED) is 0.439. The van der Waals surface area contributed by atoms with Crippen LogP contribution in [0.5, 0.6) is 0 Å². The van der Waals surface area contributed by atoms with E-state index < -0.39 is 23.1 Å². The standard InChI is InChI=1S/C12H9BrN2O4S.K/c13-5-1-7-10-8(2-5)20-4-6(3-9(16)17)15(10)12(19)11(18)14-7;/h1-2,6H,3-4H2,(H,14,18)(H,16,17);/q;+1/p-1. The van der Waals surface area contributed by atoms with Gasteiger partial charge in [0.25, 0.3) is 0 Å². The minimum absolute atomic E-state index is 0. The number of aromatic nitrogens is 2. The number of hydrogen-bond donors (Lipinski definition) is 1. The van der Waals surface area contributed by atoms with E-state index in [0.29, 0.717) is 16.8 Å². The van der Waals surface area contributed by atoms with Gasteiger partial charge in [-0.3, -0.25) is 14.2 Å². The third kappa shape index (κ3) is 3.24. The van der Waals surface area contributed by atoms with Crippen molar-refractivity contribution in [3.05, 3.63) is 37.3 Å². The fourth-order valence-corrected chi connectivity index (χ4v) is 4.17. The number of thioether (sulfide) groups is 1. The molecule has 0 saturated heterocycles. The maximum absolute atomic E-state index is 12.1. The number of rotatable bonds is 2. The summed E-state index contributed by atoms with van der Waals surface area (Å²) in [5.41, 5.74) is -0.403. The van der Waals surface area contributed by atoms with Crippen LogP contribution in [0, 0.1) is 0 Å². The minimum atomic E-state index is -1.24. The number of halogens is 1. The van der Waals surface area contributed by atoms with Gasteiger partial charge in [-0.25, -0.2) is 0 Å². The zero-order chi connectivity index (χ0) is 14.4. The molecule has 1 aromatic carbocycles. The van der Waals surface area contributed by atoms with Crippen LogP contribution in [0.15, 0.2) is 31.1 Å². The van der Waals surface area contributed by atoms with Gasteiger partial charge in [-0.1, -0.05) is 15.9 Å². The summed E-state index contributed by atoms with van der Waals surface area (Å²) in [4.78, 5) is 38.0. The molecule has 1 atom stereocenters. The first-order valence-corrected chi connectivity index (χ1v) is 7.56. The third-order valence-corrected chi connectivity index (χ3v) is 4.77. The Morgan fingerprint density at radius 3 is 2.86 bits per heavy atom. The van der Waals surface area contributed by atoms with Gasteiger partial charge in [0.2, 0.25) is 0 Å². The van der Waals surface area contributed by atoms with Gasteiger partial charge >= 0.3 is 62.5 Å². The molecular formula is C12H8BrKN2O4S. The number of nitrogens with one attached hydrogen (secondary N) is 1. The second-order valence-electron chi connectivity index (χ2n) is 4.47. The molecule has 104 valence electrons. The zero-order valence-electron chi connectivity index (χ0n) is 11.0. The van der Waals surface area contributed by atoms with E-state index in [0.717, 1.165) is 9.37 Å². The predicted molar refractivity (Wildman–Crippen MR) is 75.9 cm³/mol. The SMILES string of the molecule is O=C([O-])CC1CSc2cc(Br)cc3[nH]c(=O)c(=O)n1c23.[K+]. The van der Waals surface area contributed by atoms with Crippen molar-refractivity contribution in [2.24, 2.45) is 0 Å². The molecule has 1 N–H and O–H groups in total. The summed E-state index contributed by atoms with van der Waals surface area (Å²) in [6.07, 6.45) is -0.291. The minimum Gasteiger partial charge on any atom is -0.550 e. The molecule has 0 aliphatic carbocycles. The molecule has 0 amide bonds. The number of nitrogens with zero attached hydrogens (tertiary/aromatic N) is 1. The van der Waals surface area contributed by atoms with Crippen LogP contribution < -0.4 is 67.6 Å². The number of hydrogen-bond acceptors (Lipinski definition) is 5. The first kappa shape index (κ1) is 17.5. The summed E-state index contributed by atoms with van der Waals surface area (Å²) in [5, 5.41) is 10.8. The van der Waals surface area contributed by atoms with Gasteiger partial charge in [-0.05, 0) is 12.1 Å². The molecule has 1 aliphatic rings. The molecule has 6 nitrogen and oxygen atoms in total. The molecule has 1 aliphatic heterocycles. The fraction of sp³-hybridized carbons (Fsp3) is 0.250. The number of aliphatic carboxylic acids is 1. The number of benzene rings is 1. The van der Waals surface area contributed by atoms with Crippen molar-refractivity contribution < 1.29 is 61.3 Å². The van der Waals surface area contributed by atoms with Crippen LogP contribution in [0.25, 0.3) is 11.0 Å².